The molecule has 0 aromatic carbocycles. The molecule has 11 rings (SSSR count). The van der Waals surface area contributed by atoms with Crippen molar-refractivity contribution in [3.8, 4) is 0 Å². The summed E-state index contributed by atoms with van der Waals surface area (Å²) >= 11 is 5.17. The first-order valence-corrected chi connectivity index (χ1v) is 25.4. The molecule has 3 aliphatic heterocycles. The van der Waals surface area contributed by atoms with Crippen molar-refractivity contribution in [1.82, 2.24) is 4.90 Å². The molecule has 0 spiro atoms. The highest BCUT2D eigenvalue weighted by Gasteiger charge is 2.60. The lowest BCUT2D eigenvalue weighted by Gasteiger charge is -2.53. The van der Waals surface area contributed by atoms with E-state index in [1.54, 1.807) is 83.5 Å². The van der Waals surface area contributed by atoms with Gasteiger partial charge >= 0.3 is 0 Å². The monoisotopic (exact) mass is 720 g/mol. The van der Waals surface area contributed by atoms with Crippen molar-refractivity contribution >= 4 is 23.5 Å². The summed E-state index contributed by atoms with van der Waals surface area (Å²) < 4.78 is 7.10. The van der Waals surface area contributed by atoms with Crippen LogP contribution in [0.15, 0.2) is 0 Å². The Morgan fingerprint density at radius 3 is 1.90 bits per heavy atom. The molecule has 50 heavy (non-hydrogen) atoms. The Morgan fingerprint density at radius 2 is 1.00 bits per heavy atom. The summed E-state index contributed by atoms with van der Waals surface area (Å²) in [6, 6.07) is 2.54. The van der Waals surface area contributed by atoms with Crippen molar-refractivity contribution in [1.29, 1.82) is 0 Å². The number of fused-ring (bicyclic) bond motifs is 11. The number of ether oxygens (including phenoxy) is 1. The topological polar surface area (TPSA) is 12.5 Å². The van der Waals surface area contributed by atoms with Gasteiger partial charge < -0.3 is 4.74 Å². The van der Waals surface area contributed by atoms with Crippen LogP contribution in [0, 0.1) is 59.2 Å². The van der Waals surface area contributed by atoms with Crippen molar-refractivity contribution in [3.05, 3.63) is 0 Å². The predicted octanol–water partition coefficient (Wildman–Crippen LogP) is 11.9. The van der Waals surface area contributed by atoms with Gasteiger partial charge in [-0.15, -0.1) is 0 Å². The van der Waals surface area contributed by atoms with Crippen LogP contribution in [0.25, 0.3) is 0 Å². The van der Waals surface area contributed by atoms with E-state index in [9.17, 15) is 0 Å². The van der Waals surface area contributed by atoms with E-state index in [-0.39, 0.29) is 0 Å². The Balaban J connectivity index is 0.854. The minimum absolute atomic E-state index is 0.587. The van der Waals surface area contributed by atoms with Crippen LogP contribution in [-0.2, 0) is 4.74 Å². The quantitative estimate of drug-likeness (QED) is 0.287. The molecule has 8 aliphatic carbocycles. The van der Waals surface area contributed by atoms with Gasteiger partial charge in [0.25, 0.3) is 0 Å². The van der Waals surface area contributed by atoms with Gasteiger partial charge in [0.2, 0.25) is 0 Å². The zero-order chi connectivity index (χ0) is 32.8. The lowest BCUT2D eigenvalue weighted by Crippen LogP contribution is -2.58. The van der Waals surface area contributed by atoms with E-state index in [1.807, 2.05) is 0 Å². The molecule has 3 heterocycles. The summed E-state index contributed by atoms with van der Waals surface area (Å²) in [4.78, 5) is 3.41. The molecular weight excluding hydrogens is 647 g/mol. The SMILES string of the molecule is C1CCC2C(C1)CCCC2C1CCC(N(C2CCC3C(C2)OC2CCCCC23)C2CCCC3C4CCC5SC6CCCCC6C5C4SC32)CC1. The van der Waals surface area contributed by atoms with E-state index >= 15 is 0 Å². The lowest BCUT2D eigenvalue weighted by molar-refractivity contribution is -0.0498. The van der Waals surface area contributed by atoms with Gasteiger partial charge in [0.05, 0.1) is 12.2 Å². The van der Waals surface area contributed by atoms with Gasteiger partial charge in [-0.05, 0) is 168 Å². The van der Waals surface area contributed by atoms with E-state index in [0.717, 1.165) is 98.3 Å². The van der Waals surface area contributed by atoms with Crippen LogP contribution in [0.2, 0.25) is 0 Å². The second-order valence-electron chi connectivity index (χ2n) is 20.8. The normalized spacial score (nSPS) is 56.0. The van der Waals surface area contributed by atoms with Crippen LogP contribution in [-0.4, -0.2) is 56.2 Å². The molecule has 0 bridgehead atoms. The van der Waals surface area contributed by atoms with E-state index in [1.165, 1.54) is 89.9 Å². The van der Waals surface area contributed by atoms with E-state index in [2.05, 4.69) is 28.4 Å². The highest BCUT2D eigenvalue weighted by molar-refractivity contribution is 8.02. The number of rotatable bonds is 4. The van der Waals surface area contributed by atoms with Crippen molar-refractivity contribution < 1.29 is 4.74 Å². The Hall–Kier alpha value is 0.620. The summed E-state index contributed by atoms with van der Waals surface area (Å²) in [6.07, 6.45) is 42.4. The Labute approximate surface area is 315 Å². The van der Waals surface area contributed by atoms with Crippen LogP contribution >= 0.6 is 23.5 Å². The molecule has 4 heteroatoms. The minimum atomic E-state index is 0.587. The smallest absolute Gasteiger partial charge is 0.0625 e. The molecule has 0 aromatic heterocycles. The molecule has 8 saturated carbocycles. The molecule has 11 aliphatic rings. The Bertz CT molecular complexity index is 1180. The van der Waals surface area contributed by atoms with Gasteiger partial charge in [-0.1, -0.05) is 64.2 Å². The summed E-state index contributed by atoms with van der Waals surface area (Å²) in [5, 5.41) is 3.99. The molecule has 2 nitrogen and oxygen atoms in total. The molecule has 0 aromatic rings. The van der Waals surface area contributed by atoms with E-state index in [0.29, 0.717) is 12.2 Å². The molecule has 0 N–H and O–H groups in total. The lowest BCUT2D eigenvalue weighted by atomic mass is 9.59. The fourth-order valence-corrected chi connectivity index (χ4v) is 21.8. The van der Waals surface area contributed by atoms with E-state index < -0.39 is 0 Å². The average molecular weight is 720 g/mol. The van der Waals surface area contributed by atoms with Crippen LogP contribution in [0.3, 0.4) is 0 Å². The van der Waals surface area contributed by atoms with Crippen molar-refractivity contribution in [2.45, 2.75) is 225 Å². The van der Waals surface area contributed by atoms with Crippen LogP contribution in [0.1, 0.15) is 173 Å². The van der Waals surface area contributed by atoms with Gasteiger partial charge in [-0.3, -0.25) is 4.90 Å². The molecule has 17 unspecified atom stereocenters. The predicted molar refractivity (Wildman–Crippen MR) is 212 cm³/mol. The van der Waals surface area contributed by atoms with Crippen molar-refractivity contribution in [3.63, 3.8) is 0 Å². The zero-order valence-corrected chi connectivity index (χ0v) is 33.4. The maximum absolute atomic E-state index is 7.10. The first kappa shape index (κ1) is 33.9. The fraction of sp³-hybridized carbons (Fsp3) is 1.00. The Morgan fingerprint density at radius 1 is 0.380 bits per heavy atom. The molecule has 17 atom stereocenters. The van der Waals surface area contributed by atoms with Gasteiger partial charge in [0, 0.05) is 39.1 Å². The molecular formula is C46H73NOS2. The molecule has 0 radical (unpaired) electrons. The second kappa shape index (κ2) is 14.3. The standard InChI is InChI=1S/C46H73NOS2/c1-2-11-32-28(9-1)10-7-14-33(32)29-19-21-30(22-20-29)47(31-23-24-35-34-12-3-5-17-40(34)48-41(35)27-31)39-16-8-15-36-37-25-26-43-44(46(37)50-45(36)39)38-13-4-6-18-42(38)49-43/h28-46H,1-27H2. The largest absolute Gasteiger partial charge is 0.374 e. The zero-order valence-electron chi connectivity index (χ0n) is 31.7. The average Bonchev–Trinajstić information content (AvgIpc) is 3.86. The van der Waals surface area contributed by atoms with Crippen LogP contribution < -0.4 is 0 Å². The maximum atomic E-state index is 7.10. The highest BCUT2D eigenvalue weighted by Crippen LogP contribution is 2.65. The van der Waals surface area contributed by atoms with Crippen molar-refractivity contribution in [2.24, 2.45) is 59.2 Å². The first-order valence-electron chi connectivity index (χ1n) is 23.5. The fourth-order valence-electron chi connectivity index (χ4n) is 17.1. The highest BCUT2D eigenvalue weighted by atomic mass is 32.2. The molecule has 280 valence electrons. The summed E-state index contributed by atoms with van der Waals surface area (Å²) in [5.74, 6) is 10.4. The summed E-state index contributed by atoms with van der Waals surface area (Å²) in [5.41, 5.74) is 0. The molecule has 11 fully saturated rings. The first-order chi connectivity index (χ1) is 24.8. The third-order valence-corrected chi connectivity index (χ3v) is 22.8. The molecule has 3 saturated heterocycles. The number of nitrogens with zero attached hydrogens (tertiary/aromatic N) is 1. The van der Waals surface area contributed by atoms with Crippen molar-refractivity contribution in [2.75, 3.05) is 0 Å². The minimum Gasteiger partial charge on any atom is -0.374 e. The Kier molecular flexibility index (Phi) is 9.69. The maximum Gasteiger partial charge on any atom is 0.0625 e. The third-order valence-electron chi connectivity index (χ3n) is 19.0. The van der Waals surface area contributed by atoms with Crippen LogP contribution in [0.4, 0.5) is 0 Å². The second-order valence-corrected chi connectivity index (χ2v) is 23.7. The van der Waals surface area contributed by atoms with E-state index in [4.69, 9.17) is 4.74 Å². The number of hydrogen-bond acceptors (Lipinski definition) is 4. The van der Waals surface area contributed by atoms with Gasteiger partial charge in [-0.2, -0.15) is 23.5 Å². The number of hydrogen-bond donors (Lipinski definition) is 0. The van der Waals surface area contributed by atoms with Crippen LogP contribution in [0.5, 0.6) is 0 Å². The van der Waals surface area contributed by atoms with Gasteiger partial charge in [-0.25, -0.2) is 0 Å². The van der Waals surface area contributed by atoms with Gasteiger partial charge in [0.15, 0.2) is 0 Å². The number of thioether (sulfide) groups is 2. The molecule has 0 amide bonds. The van der Waals surface area contributed by atoms with Gasteiger partial charge in [0.1, 0.15) is 0 Å². The summed E-state index contributed by atoms with van der Waals surface area (Å²) in [6.45, 7) is 0. The third kappa shape index (κ3) is 5.82. The summed E-state index contributed by atoms with van der Waals surface area (Å²) in [7, 11) is 0.